The molecule has 1 aromatic carbocycles. The summed E-state index contributed by atoms with van der Waals surface area (Å²) >= 11 is 0. The third-order valence-corrected chi connectivity index (χ3v) is 4.77. The third kappa shape index (κ3) is 3.42. The van der Waals surface area contributed by atoms with Crippen molar-refractivity contribution in [1.82, 2.24) is 5.32 Å². The van der Waals surface area contributed by atoms with Crippen LogP contribution in [-0.2, 0) is 0 Å². The molecule has 2 fully saturated rings. The molecule has 2 unspecified atom stereocenters. The van der Waals surface area contributed by atoms with Crippen molar-refractivity contribution >= 4 is 5.69 Å². The number of nitrogens with one attached hydrogen (secondary N) is 1. The number of halogens is 3. The van der Waals surface area contributed by atoms with Gasteiger partial charge in [-0.2, -0.15) is 0 Å². The fraction of sp³-hybridized carbons (Fsp3) is 0.647. The van der Waals surface area contributed by atoms with Crippen molar-refractivity contribution in [3.05, 3.63) is 23.8 Å². The number of ether oxygens (including phenoxy) is 1. The maximum Gasteiger partial charge on any atom is 0.238 e. The van der Waals surface area contributed by atoms with Gasteiger partial charge in [-0.15, -0.1) is 0 Å². The van der Waals surface area contributed by atoms with Gasteiger partial charge in [0.05, 0.1) is 0 Å². The van der Waals surface area contributed by atoms with Crippen molar-refractivity contribution in [3.8, 4) is 5.75 Å². The van der Waals surface area contributed by atoms with E-state index in [-0.39, 0.29) is 12.5 Å². The van der Waals surface area contributed by atoms with Crippen molar-refractivity contribution in [3.63, 3.8) is 0 Å². The van der Waals surface area contributed by atoms with Gasteiger partial charge in [-0.1, -0.05) is 19.8 Å². The monoisotopic (exact) mass is 328 g/mol. The zero-order valence-electron chi connectivity index (χ0n) is 13.3. The van der Waals surface area contributed by atoms with Crippen molar-refractivity contribution < 1.29 is 17.9 Å². The normalized spacial score (nSPS) is 25.8. The molecule has 3 nitrogen and oxygen atoms in total. The zero-order valence-corrected chi connectivity index (χ0v) is 13.3. The predicted octanol–water partition coefficient (Wildman–Crippen LogP) is 3.77. The fourth-order valence-electron chi connectivity index (χ4n) is 3.62. The number of alkyl halides is 1. The highest BCUT2D eigenvalue weighted by Gasteiger charge is 2.34. The van der Waals surface area contributed by atoms with E-state index < -0.39 is 23.7 Å². The number of hydrogen-bond donors (Lipinski definition) is 1. The van der Waals surface area contributed by atoms with Gasteiger partial charge < -0.3 is 15.0 Å². The van der Waals surface area contributed by atoms with Crippen LogP contribution in [0.5, 0.6) is 5.75 Å². The van der Waals surface area contributed by atoms with Crippen LogP contribution in [0.15, 0.2) is 12.1 Å². The smallest absolute Gasteiger partial charge is 0.238 e. The van der Waals surface area contributed by atoms with Gasteiger partial charge in [0.15, 0.2) is 17.4 Å². The second-order valence-corrected chi connectivity index (χ2v) is 6.28. The highest BCUT2D eigenvalue weighted by atomic mass is 19.2. The first-order valence-corrected chi connectivity index (χ1v) is 8.40. The highest BCUT2D eigenvalue weighted by Crippen LogP contribution is 2.34. The maximum atomic E-state index is 14.2. The Bertz CT molecular complexity index is 530. The summed E-state index contributed by atoms with van der Waals surface area (Å²) in [6.07, 6.45) is 2.77. The zero-order chi connectivity index (χ0) is 16.4. The van der Waals surface area contributed by atoms with Gasteiger partial charge in [0.1, 0.15) is 0 Å². The molecule has 1 heterocycles. The van der Waals surface area contributed by atoms with Crippen LogP contribution in [-0.4, -0.2) is 31.5 Å². The predicted molar refractivity (Wildman–Crippen MR) is 83.6 cm³/mol. The summed E-state index contributed by atoms with van der Waals surface area (Å²) in [6, 6.07) is 3.15. The second-order valence-electron chi connectivity index (χ2n) is 6.28. The number of fused-ring (bicyclic) bond motifs is 1. The van der Waals surface area contributed by atoms with Crippen LogP contribution in [0.25, 0.3) is 0 Å². The molecule has 128 valence electrons. The van der Waals surface area contributed by atoms with Crippen molar-refractivity contribution in [2.75, 3.05) is 18.0 Å². The molecular formula is C17H23F3N2O. The average Bonchev–Trinajstić information content (AvgIpc) is 2.57. The van der Waals surface area contributed by atoms with Crippen LogP contribution in [0.3, 0.4) is 0 Å². The Kier molecular flexibility index (Phi) is 4.99. The Hall–Kier alpha value is -1.43. The molecule has 0 radical (unpaired) electrons. The van der Waals surface area contributed by atoms with Gasteiger partial charge in [0.25, 0.3) is 0 Å². The SMILES string of the molecule is CCC(F)Oc1c(F)cc(N2CCN[C@H]3CCCCC32)cc1F. The molecule has 0 amide bonds. The standard InChI is InChI=1S/C17H23F3N2O/c1-2-16(20)23-17-12(18)9-11(10-13(17)19)22-8-7-21-14-5-3-4-6-15(14)22/h9-10,14-16,21H,2-8H2,1H3/t14-,15?,16?/m0/s1. The molecule has 1 N–H and O–H groups in total. The molecular weight excluding hydrogens is 305 g/mol. The quantitative estimate of drug-likeness (QED) is 0.910. The van der Waals surface area contributed by atoms with E-state index in [9.17, 15) is 13.2 Å². The van der Waals surface area contributed by atoms with E-state index in [0.717, 1.165) is 25.8 Å². The molecule has 6 heteroatoms. The lowest BCUT2D eigenvalue weighted by Crippen LogP contribution is -2.59. The molecule has 1 saturated heterocycles. The summed E-state index contributed by atoms with van der Waals surface area (Å²) in [5.41, 5.74) is 0.512. The molecule has 2 aliphatic rings. The third-order valence-electron chi connectivity index (χ3n) is 4.77. The molecule has 0 spiro atoms. The number of nitrogens with zero attached hydrogens (tertiary/aromatic N) is 1. The minimum atomic E-state index is -1.70. The van der Waals surface area contributed by atoms with Crippen molar-refractivity contribution in [2.24, 2.45) is 0 Å². The Balaban J connectivity index is 1.85. The first kappa shape index (κ1) is 16.4. The fourth-order valence-corrected chi connectivity index (χ4v) is 3.62. The number of benzene rings is 1. The Morgan fingerprint density at radius 1 is 1.26 bits per heavy atom. The summed E-state index contributed by atoms with van der Waals surface area (Å²) in [6.45, 7) is 3.06. The molecule has 0 aromatic heterocycles. The van der Waals surface area contributed by atoms with Crippen LogP contribution in [0.2, 0.25) is 0 Å². The average molecular weight is 328 g/mol. The number of rotatable bonds is 4. The molecule has 1 saturated carbocycles. The number of anilines is 1. The van der Waals surface area contributed by atoms with Crippen molar-refractivity contribution in [1.29, 1.82) is 0 Å². The summed E-state index contributed by atoms with van der Waals surface area (Å²) in [5.74, 6) is -2.32. The van der Waals surface area contributed by atoms with Crippen LogP contribution >= 0.6 is 0 Å². The minimum absolute atomic E-state index is 0.0438. The van der Waals surface area contributed by atoms with Crippen LogP contribution in [0, 0.1) is 11.6 Å². The molecule has 0 bridgehead atoms. The molecule has 23 heavy (non-hydrogen) atoms. The molecule has 1 aliphatic carbocycles. The minimum Gasteiger partial charge on any atom is -0.454 e. The Morgan fingerprint density at radius 2 is 1.96 bits per heavy atom. The highest BCUT2D eigenvalue weighted by molar-refractivity contribution is 5.52. The summed E-state index contributed by atoms with van der Waals surface area (Å²) in [4.78, 5) is 2.07. The van der Waals surface area contributed by atoms with Crippen LogP contribution in [0.1, 0.15) is 39.0 Å². The van der Waals surface area contributed by atoms with Gasteiger partial charge in [0.2, 0.25) is 6.36 Å². The second kappa shape index (κ2) is 6.99. The molecule has 1 aliphatic heterocycles. The maximum absolute atomic E-state index is 14.2. The van der Waals surface area contributed by atoms with Gasteiger partial charge in [-0.25, -0.2) is 13.2 Å². The van der Waals surface area contributed by atoms with Crippen LogP contribution in [0.4, 0.5) is 18.9 Å². The van der Waals surface area contributed by atoms with E-state index in [1.54, 1.807) is 6.92 Å². The van der Waals surface area contributed by atoms with Gasteiger partial charge in [-0.3, -0.25) is 0 Å². The molecule has 1 aromatic rings. The summed E-state index contributed by atoms with van der Waals surface area (Å²) < 4.78 is 46.4. The van der Waals surface area contributed by atoms with E-state index in [4.69, 9.17) is 4.74 Å². The van der Waals surface area contributed by atoms with E-state index >= 15 is 0 Å². The van der Waals surface area contributed by atoms with Gasteiger partial charge in [-0.05, 0) is 12.8 Å². The molecule has 3 atom stereocenters. The summed E-state index contributed by atoms with van der Waals surface area (Å²) in [5, 5.41) is 3.49. The van der Waals surface area contributed by atoms with Gasteiger partial charge in [0, 0.05) is 49.4 Å². The lowest BCUT2D eigenvalue weighted by Gasteiger charge is -2.46. The van der Waals surface area contributed by atoms with E-state index in [0.29, 0.717) is 18.3 Å². The van der Waals surface area contributed by atoms with Crippen molar-refractivity contribution in [2.45, 2.75) is 57.5 Å². The number of hydrogen-bond acceptors (Lipinski definition) is 3. The van der Waals surface area contributed by atoms with E-state index in [2.05, 4.69) is 10.2 Å². The van der Waals surface area contributed by atoms with Gasteiger partial charge >= 0.3 is 0 Å². The lowest BCUT2D eigenvalue weighted by molar-refractivity contribution is 0.0558. The topological polar surface area (TPSA) is 24.5 Å². The summed E-state index contributed by atoms with van der Waals surface area (Å²) in [7, 11) is 0. The van der Waals surface area contributed by atoms with E-state index in [1.165, 1.54) is 18.6 Å². The lowest BCUT2D eigenvalue weighted by atomic mass is 9.87. The van der Waals surface area contributed by atoms with E-state index in [1.807, 2.05) is 0 Å². The first-order chi connectivity index (χ1) is 11.1. The first-order valence-electron chi connectivity index (χ1n) is 8.40. The van der Waals surface area contributed by atoms with Crippen LogP contribution < -0.4 is 15.0 Å². The Morgan fingerprint density at radius 3 is 2.65 bits per heavy atom. The molecule has 3 rings (SSSR count). The largest absolute Gasteiger partial charge is 0.454 e. The number of piperazine rings is 1. The Labute approximate surface area is 134 Å².